The topological polar surface area (TPSA) is 60.8 Å². The molecule has 1 aliphatic heterocycles. The SMILES string of the molecule is O=C1CC(CO)CN1c1cc(Br)cc(Br)c1O. The van der Waals surface area contributed by atoms with Crippen molar-refractivity contribution in [2.45, 2.75) is 6.42 Å². The van der Waals surface area contributed by atoms with E-state index in [1.54, 1.807) is 12.1 Å². The molecule has 1 aromatic carbocycles. The first kappa shape index (κ1) is 12.9. The first-order chi connectivity index (χ1) is 8.02. The molecule has 1 unspecified atom stereocenters. The van der Waals surface area contributed by atoms with Crippen LogP contribution < -0.4 is 4.90 Å². The van der Waals surface area contributed by atoms with E-state index in [2.05, 4.69) is 31.9 Å². The second kappa shape index (κ2) is 4.96. The van der Waals surface area contributed by atoms with Crippen molar-refractivity contribution in [3.63, 3.8) is 0 Å². The maximum atomic E-state index is 11.8. The molecule has 1 amide bonds. The van der Waals surface area contributed by atoms with Gasteiger partial charge in [-0.3, -0.25) is 4.79 Å². The fourth-order valence-electron chi connectivity index (χ4n) is 1.89. The highest BCUT2D eigenvalue weighted by atomic mass is 79.9. The lowest BCUT2D eigenvalue weighted by molar-refractivity contribution is -0.117. The number of aliphatic hydroxyl groups is 1. The Morgan fingerprint density at radius 3 is 2.71 bits per heavy atom. The average molecular weight is 365 g/mol. The number of aliphatic hydroxyl groups excluding tert-OH is 1. The first-order valence-corrected chi connectivity index (χ1v) is 6.70. The molecule has 92 valence electrons. The number of benzene rings is 1. The third-order valence-corrected chi connectivity index (χ3v) is 3.82. The van der Waals surface area contributed by atoms with Crippen molar-refractivity contribution in [1.82, 2.24) is 0 Å². The summed E-state index contributed by atoms with van der Waals surface area (Å²) in [5.41, 5.74) is 0.465. The van der Waals surface area contributed by atoms with E-state index in [1.165, 1.54) is 4.90 Å². The van der Waals surface area contributed by atoms with Gasteiger partial charge in [0.2, 0.25) is 5.91 Å². The third-order valence-electron chi connectivity index (χ3n) is 2.76. The molecule has 0 bridgehead atoms. The number of anilines is 1. The predicted octanol–water partition coefficient (Wildman–Crippen LogP) is 2.26. The summed E-state index contributed by atoms with van der Waals surface area (Å²) in [6.07, 6.45) is 0.320. The molecule has 1 heterocycles. The lowest BCUT2D eigenvalue weighted by Crippen LogP contribution is -2.25. The molecule has 17 heavy (non-hydrogen) atoms. The molecular weight excluding hydrogens is 354 g/mol. The summed E-state index contributed by atoms with van der Waals surface area (Å²) in [7, 11) is 0. The molecule has 2 N–H and O–H groups in total. The lowest BCUT2D eigenvalue weighted by Gasteiger charge is -2.19. The zero-order valence-corrected chi connectivity index (χ0v) is 12.0. The standard InChI is InChI=1S/C11H11Br2NO3/c12-7-2-8(13)11(17)9(3-7)14-4-6(5-15)1-10(14)16/h2-3,6,15,17H,1,4-5H2. The fraction of sp³-hybridized carbons (Fsp3) is 0.364. The van der Waals surface area contributed by atoms with E-state index in [-0.39, 0.29) is 24.2 Å². The summed E-state index contributed by atoms with van der Waals surface area (Å²) in [6, 6.07) is 3.40. The minimum Gasteiger partial charge on any atom is -0.505 e. The van der Waals surface area contributed by atoms with Crippen LogP contribution in [0.5, 0.6) is 5.75 Å². The van der Waals surface area contributed by atoms with Gasteiger partial charge in [0, 0.05) is 30.0 Å². The van der Waals surface area contributed by atoms with E-state index in [9.17, 15) is 9.90 Å². The zero-order chi connectivity index (χ0) is 12.6. The summed E-state index contributed by atoms with van der Waals surface area (Å²) in [4.78, 5) is 13.3. The minimum absolute atomic E-state index is 0.0157. The van der Waals surface area contributed by atoms with Crippen LogP contribution in [0.1, 0.15) is 6.42 Å². The molecular formula is C11H11Br2NO3. The maximum absolute atomic E-state index is 11.8. The molecule has 2 rings (SSSR count). The number of carbonyl (C=O) groups is 1. The smallest absolute Gasteiger partial charge is 0.227 e. The number of amides is 1. The molecule has 1 fully saturated rings. The Balaban J connectivity index is 2.38. The molecule has 0 aliphatic carbocycles. The fourth-order valence-corrected chi connectivity index (χ4v) is 3.10. The summed E-state index contributed by atoms with van der Waals surface area (Å²) >= 11 is 6.55. The number of phenolic OH excluding ortho intramolecular Hbond substituents is 1. The molecule has 0 spiro atoms. The van der Waals surface area contributed by atoms with Crippen molar-refractivity contribution in [3.05, 3.63) is 21.1 Å². The van der Waals surface area contributed by atoms with Crippen molar-refractivity contribution >= 4 is 43.5 Å². The van der Waals surface area contributed by atoms with Gasteiger partial charge in [-0.15, -0.1) is 0 Å². The third kappa shape index (κ3) is 2.48. The number of phenols is 1. The van der Waals surface area contributed by atoms with Gasteiger partial charge in [0.25, 0.3) is 0 Å². The Labute approximate surface area is 115 Å². The Hall–Kier alpha value is -0.590. The van der Waals surface area contributed by atoms with E-state index < -0.39 is 0 Å². The monoisotopic (exact) mass is 363 g/mol. The minimum atomic E-state index is -0.0793. The van der Waals surface area contributed by atoms with Crippen LogP contribution in [0.2, 0.25) is 0 Å². The van der Waals surface area contributed by atoms with E-state index in [4.69, 9.17) is 5.11 Å². The van der Waals surface area contributed by atoms with Crippen molar-refractivity contribution in [2.24, 2.45) is 5.92 Å². The first-order valence-electron chi connectivity index (χ1n) is 5.12. The number of nitrogens with zero attached hydrogens (tertiary/aromatic N) is 1. The van der Waals surface area contributed by atoms with Gasteiger partial charge in [-0.2, -0.15) is 0 Å². The molecule has 0 aromatic heterocycles. The van der Waals surface area contributed by atoms with E-state index in [0.29, 0.717) is 23.1 Å². The zero-order valence-electron chi connectivity index (χ0n) is 8.86. The second-order valence-electron chi connectivity index (χ2n) is 4.01. The Morgan fingerprint density at radius 1 is 1.41 bits per heavy atom. The number of carbonyl (C=O) groups excluding carboxylic acids is 1. The van der Waals surface area contributed by atoms with Crippen molar-refractivity contribution in [1.29, 1.82) is 0 Å². The molecule has 6 heteroatoms. The molecule has 4 nitrogen and oxygen atoms in total. The summed E-state index contributed by atoms with van der Waals surface area (Å²) in [5.74, 6) is -0.0934. The van der Waals surface area contributed by atoms with Gasteiger partial charge in [0.15, 0.2) is 5.75 Å². The number of rotatable bonds is 2. The number of halogens is 2. The lowest BCUT2D eigenvalue weighted by atomic mass is 10.1. The number of hydrogen-bond donors (Lipinski definition) is 2. The second-order valence-corrected chi connectivity index (χ2v) is 5.78. The molecule has 0 radical (unpaired) electrons. The van der Waals surface area contributed by atoms with Crippen LogP contribution in [0.15, 0.2) is 21.1 Å². The number of hydrogen-bond acceptors (Lipinski definition) is 3. The van der Waals surface area contributed by atoms with Gasteiger partial charge in [0.05, 0.1) is 10.2 Å². The molecule has 1 saturated heterocycles. The van der Waals surface area contributed by atoms with Crippen LogP contribution >= 0.6 is 31.9 Å². The van der Waals surface area contributed by atoms with Crippen LogP contribution in [0.25, 0.3) is 0 Å². The normalized spacial score (nSPS) is 20.1. The number of aromatic hydroxyl groups is 1. The molecule has 1 aromatic rings. The van der Waals surface area contributed by atoms with Gasteiger partial charge < -0.3 is 15.1 Å². The van der Waals surface area contributed by atoms with Gasteiger partial charge in [-0.25, -0.2) is 0 Å². The molecule has 0 saturated carbocycles. The van der Waals surface area contributed by atoms with Gasteiger partial charge in [0.1, 0.15) is 0 Å². The Kier molecular flexibility index (Phi) is 3.75. The average Bonchev–Trinajstić information content (AvgIpc) is 2.65. The van der Waals surface area contributed by atoms with Gasteiger partial charge in [-0.1, -0.05) is 15.9 Å². The predicted molar refractivity (Wildman–Crippen MR) is 71.1 cm³/mol. The summed E-state index contributed by atoms with van der Waals surface area (Å²) in [6.45, 7) is 0.421. The van der Waals surface area contributed by atoms with E-state index in [0.717, 1.165) is 4.47 Å². The quantitative estimate of drug-likeness (QED) is 0.846. The van der Waals surface area contributed by atoms with Crippen LogP contribution in [-0.2, 0) is 4.79 Å². The summed E-state index contributed by atoms with van der Waals surface area (Å²) < 4.78 is 1.31. The Bertz CT molecular complexity index is 464. The van der Waals surface area contributed by atoms with Crippen LogP contribution in [-0.4, -0.2) is 29.3 Å². The van der Waals surface area contributed by atoms with Gasteiger partial charge in [-0.05, 0) is 28.1 Å². The largest absolute Gasteiger partial charge is 0.505 e. The highest BCUT2D eigenvalue weighted by molar-refractivity contribution is 9.11. The van der Waals surface area contributed by atoms with Crippen LogP contribution in [0.3, 0.4) is 0 Å². The highest BCUT2D eigenvalue weighted by Crippen LogP contribution is 2.39. The molecule has 1 atom stereocenters. The highest BCUT2D eigenvalue weighted by Gasteiger charge is 2.32. The summed E-state index contributed by atoms with van der Waals surface area (Å²) in [5, 5.41) is 19.0. The van der Waals surface area contributed by atoms with E-state index >= 15 is 0 Å². The molecule has 1 aliphatic rings. The maximum Gasteiger partial charge on any atom is 0.227 e. The van der Waals surface area contributed by atoms with Crippen LogP contribution in [0.4, 0.5) is 5.69 Å². The Morgan fingerprint density at radius 2 is 2.12 bits per heavy atom. The van der Waals surface area contributed by atoms with Crippen molar-refractivity contribution in [3.8, 4) is 5.75 Å². The van der Waals surface area contributed by atoms with Gasteiger partial charge >= 0.3 is 0 Å². The van der Waals surface area contributed by atoms with E-state index in [1.807, 2.05) is 0 Å². The van der Waals surface area contributed by atoms with Crippen LogP contribution in [0, 0.1) is 5.92 Å². The van der Waals surface area contributed by atoms with Crippen molar-refractivity contribution in [2.75, 3.05) is 18.1 Å². The van der Waals surface area contributed by atoms with Crippen molar-refractivity contribution < 1.29 is 15.0 Å².